The summed E-state index contributed by atoms with van der Waals surface area (Å²) in [6, 6.07) is 10.3. The van der Waals surface area contributed by atoms with Gasteiger partial charge in [-0.05, 0) is 55.5 Å². The highest BCUT2D eigenvalue weighted by molar-refractivity contribution is 6.03. The number of anilines is 1. The minimum absolute atomic E-state index is 0.0892. The molecule has 1 aliphatic carbocycles. The highest BCUT2D eigenvalue weighted by Gasteiger charge is 2.21. The summed E-state index contributed by atoms with van der Waals surface area (Å²) in [5.74, 6) is -0.724. The Morgan fingerprint density at radius 3 is 2.76 bits per heavy atom. The van der Waals surface area contributed by atoms with Gasteiger partial charge in [-0.1, -0.05) is 12.1 Å². The number of nitrogens with one attached hydrogen (secondary N) is 1. The van der Waals surface area contributed by atoms with Crippen LogP contribution in [0.4, 0.5) is 5.69 Å². The van der Waals surface area contributed by atoms with E-state index in [-0.39, 0.29) is 17.2 Å². The summed E-state index contributed by atoms with van der Waals surface area (Å²) >= 11 is 0. The number of amides is 1. The van der Waals surface area contributed by atoms with Gasteiger partial charge in [0.05, 0.1) is 17.9 Å². The molecule has 0 aliphatic heterocycles. The van der Waals surface area contributed by atoms with Crippen molar-refractivity contribution in [2.24, 2.45) is 5.92 Å². The Kier molecular flexibility index (Phi) is 5.09. The summed E-state index contributed by atoms with van der Waals surface area (Å²) in [6.45, 7) is 2.87. The summed E-state index contributed by atoms with van der Waals surface area (Å²) in [5, 5.41) is 11.8. The van der Waals surface area contributed by atoms with Gasteiger partial charge in [0.25, 0.3) is 5.91 Å². The quantitative estimate of drug-likeness (QED) is 0.807. The Labute approximate surface area is 145 Å². The molecule has 2 N–H and O–H groups in total. The number of pyridine rings is 1. The number of aromatic carboxylic acids is 1. The molecule has 0 atom stereocenters. The van der Waals surface area contributed by atoms with Crippen LogP contribution in [0.15, 0.2) is 36.4 Å². The Bertz CT molecular complexity index is 800. The van der Waals surface area contributed by atoms with Gasteiger partial charge in [0.1, 0.15) is 5.69 Å². The number of rotatable bonds is 7. The van der Waals surface area contributed by atoms with E-state index in [1.165, 1.54) is 25.0 Å². The second-order valence-electron chi connectivity index (χ2n) is 6.25. The number of ether oxygens (including phenoxy) is 1. The van der Waals surface area contributed by atoms with Crippen molar-refractivity contribution in [3.63, 3.8) is 0 Å². The highest BCUT2D eigenvalue weighted by atomic mass is 16.5. The van der Waals surface area contributed by atoms with E-state index in [1.807, 2.05) is 18.2 Å². The van der Waals surface area contributed by atoms with Gasteiger partial charge in [-0.2, -0.15) is 0 Å². The minimum atomic E-state index is -1.06. The van der Waals surface area contributed by atoms with Crippen molar-refractivity contribution in [3.05, 3.63) is 58.9 Å². The molecule has 0 radical (unpaired) electrons. The predicted molar refractivity (Wildman–Crippen MR) is 92.7 cm³/mol. The van der Waals surface area contributed by atoms with Crippen molar-refractivity contribution in [2.75, 3.05) is 11.9 Å². The van der Waals surface area contributed by atoms with Crippen LogP contribution in [0.2, 0.25) is 0 Å². The zero-order chi connectivity index (χ0) is 17.8. The van der Waals surface area contributed by atoms with Crippen LogP contribution < -0.4 is 5.32 Å². The van der Waals surface area contributed by atoms with Gasteiger partial charge in [-0.25, -0.2) is 9.78 Å². The summed E-state index contributed by atoms with van der Waals surface area (Å²) in [4.78, 5) is 27.4. The van der Waals surface area contributed by atoms with E-state index in [0.717, 1.165) is 12.2 Å². The molecule has 0 spiro atoms. The Morgan fingerprint density at radius 1 is 1.28 bits per heavy atom. The average molecular weight is 340 g/mol. The van der Waals surface area contributed by atoms with Crippen LogP contribution >= 0.6 is 0 Å². The molecule has 2 aromatic rings. The molecule has 1 saturated carbocycles. The average Bonchev–Trinajstić information content (AvgIpc) is 3.39. The van der Waals surface area contributed by atoms with Gasteiger partial charge in [-0.3, -0.25) is 4.79 Å². The molecule has 6 heteroatoms. The Morgan fingerprint density at radius 2 is 2.08 bits per heavy atom. The zero-order valence-corrected chi connectivity index (χ0v) is 14.0. The maximum atomic E-state index is 12.3. The van der Waals surface area contributed by atoms with Crippen LogP contribution in [0, 0.1) is 12.8 Å². The number of hydrogen-bond acceptors (Lipinski definition) is 4. The molecule has 1 heterocycles. The van der Waals surface area contributed by atoms with E-state index >= 15 is 0 Å². The molecule has 6 nitrogen and oxygen atoms in total. The fourth-order valence-corrected chi connectivity index (χ4v) is 2.48. The first kappa shape index (κ1) is 17.1. The smallest absolute Gasteiger partial charge is 0.337 e. The number of benzene rings is 1. The van der Waals surface area contributed by atoms with Crippen molar-refractivity contribution >= 4 is 17.6 Å². The van der Waals surface area contributed by atoms with Crippen LogP contribution in [-0.2, 0) is 11.3 Å². The molecule has 130 valence electrons. The fourth-order valence-electron chi connectivity index (χ4n) is 2.48. The number of nitrogens with zero attached hydrogens (tertiary/aromatic N) is 1. The van der Waals surface area contributed by atoms with Gasteiger partial charge >= 0.3 is 5.97 Å². The van der Waals surface area contributed by atoms with E-state index in [0.29, 0.717) is 23.9 Å². The third-order valence-corrected chi connectivity index (χ3v) is 4.05. The first-order valence-electron chi connectivity index (χ1n) is 8.22. The molecule has 1 amide bonds. The second-order valence-corrected chi connectivity index (χ2v) is 6.25. The third-order valence-electron chi connectivity index (χ3n) is 4.05. The van der Waals surface area contributed by atoms with Crippen LogP contribution in [0.1, 0.15) is 44.9 Å². The largest absolute Gasteiger partial charge is 0.478 e. The molecule has 1 aliphatic rings. The van der Waals surface area contributed by atoms with Crippen molar-refractivity contribution in [1.29, 1.82) is 0 Å². The second kappa shape index (κ2) is 7.44. The van der Waals surface area contributed by atoms with Crippen LogP contribution in [-0.4, -0.2) is 28.6 Å². The number of carboxylic acids is 1. The maximum Gasteiger partial charge on any atom is 0.337 e. The molecule has 1 fully saturated rings. The molecule has 0 saturated heterocycles. The molecule has 25 heavy (non-hydrogen) atoms. The normalized spacial score (nSPS) is 13.5. The molecule has 0 bridgehead atoms. The summed E-state index contributed by atoms with van der Waals surface area (Å²) in [5.41, 5.74) is 2.22. The lowest BCUT2D eigenvalue weighted by atomic mass is 10.1. The number of carboxylic acid groups (broad SMARTS) is 1. The van der Waals surface area contributed by atoms with Crippen LogP contribution in [0.5, 0.6) is 0 Å². The van der Waals surface area contributed by atoms with Crippen molar-refractivity contribution in [2.45, 2.75) is 26.4 Å². The number of carbonyl (C=O) groups excluding carboxylic acids is 1. The van der Waals surface area contributed by atoms with Crippen LogP contribution in [0.25, 0.3) is 0 Å². The van der Waals surface area contributed by atoms with E-state index in [4.69, 9.17) is 9.84 Å². The topological polar surface area (TPSA) is 88.5 Å². The van der Waals surface area contributed by atoms with Crippen molar-refractivity contribution in [1.82, 2.24) is 4.98 Å². The lowest BCUT2D eigenvalue weighted by molar-refractivity contribution is 0.0695. The van der Waals surface area contributed by atoms with Gasteiger partial charge in [-0.15, -0.1) is 0 Å². The first-order valence-corrected chi connectivity index (χ1v) is 8.22. The van der Waals surface area contributed by atoms with Gasteiger partial charge in [0.2, 0.25) is 0 Å². The Hall–Kier alpha value is -2.73. The molecule has 1 aromatic carbocycles. The maximum absolute atomic E-state index is 12.3. The summed E-state index contributed by atoms with van der Waals surface area (Å²) < 4.78 is 5.66. The molecule has 0 unspecified atom stereocenters. The minimum Gasteiger partial charge on any atom is -0.478 e. The number of aromatic nitrogens is 1. The SMILES string of the molecule is Cc1nc(C(=O)Nc2cccc(COCC3CC3)c2)ccc1C(=O)O. The van der Waals surface area contributed by atoms with Crippen LogP contribution in [0.3, 0.4) is 0 Å². The molecular formula is C19H20N2O4. The monoisotopic (exact) mass is 340 g/mol. The van der Waals surface area contributed by atoms with Crippen molar-refractivity contribution < 1.29 is 19.4 Å². The van der Waals surface area contributed by atoms with Gasteiger partial charge in [0.15, 0.2) is 0 Å². The van der Waals surface area contributed by atoms with Gasteiger partial charge < -0.3 is 15.2 Å². The van der Waals surface area contributed by atoms with E-state index in [1.54, 1.807) is 13.0 Å². The molecular weight excluding hydrogens is 320 g/mol. The number of carbonyl (C=O) groups is 2. The lowest BCUT2D eigenvalue weighted by Crippen LogP contribution is -2.15. The standard InChI is InChI=1S/C19H20N2O4/c1-12-16(19(23)24)7-8-17(20-12)18(22)21-15-4-2-3-14(9-15)11-25-10-13-5-6-13/h2-4,7-9,13H,5-6,10-11H2,1H3,(H,21,22)(H,23,24). The number of aryl methyl sites for hydroxylation is 1. The third kappa shape index (κ3) is 4.64. The number of hydrogen-bond donors (Lipinski definition) is 2. The molecule has 3 rings (SSSR count). The molecule has 1 aromatic heterocycles. The predicted octanol–water partition coefficient (Wildman–Crippen LogP) is 3.27. The lowest BCUT2D eigenvalue weighted by Gasteiger charge is -2.09. The van der Waals surface area contributed by atoms with Crippen molar-refractivity contribution in [3.8, 4) is 0 Å². The van der Waals surface area contributed by atoms with E-state index in [2.05, 4.69) is 10.3 Å². The van der Waals surface area contributed by atoms with E-state index < -0.39 is 5.97 Å². The van der Waals surface area contributed by atoms with Gasteiger partial charge in [0, 0.05) is 12.3 Å². The summed E-state index contributed by atoms with van der Waals surface area (Å²) in [7, 11) is 0. The van der Waals surface area contributed by atoms with E-state index in [9.17, 15) is 9.59 Å². The Balaban J connectivity index is 1.63. The zero-order valence-electron chi connectivity index (χ0n) is 14.0. The fraction of sp³-hybridized carbons (Fsp3) is 0.316. The summed E-state index contributed by atoms with van der Waals surface area (Å²) in [6.07, 6.45) is 2.51. The highest BCUT2D eigenvalue weighted by Crippen LogP contribution is 2.29. The first-order chi connectivity index (χ1) is 12.0.